The van der Waals surface area contributed by atoms with Gasteiger partial charge in [0.05, 0.1) is 24.5 Å². The van der Waals surface area contributed by atoms with Gasteiger partial charge in [-0.25, -0.2) is 0 Å². The fourth-order valence-corrected chi connectivity index (χ4v) is 1.29. The first-order valence-corrected chi connectivity index (χ1v) is 4.11. The molecule has 1 unspecified atom stereocenters. The van der Waals surface area contributed by atoms with Crippen LogP contribution in [-0.2, 0) is 0 Å². The van der Waals surface area contributed by atoms with Crippen LogP contribution in [0.4, 0.5) is 0 Å². The van der Waals surface area contributed by atoms with Crippen LogP contribution >= 0.6 is 0 Å². The maximum Gasteiger partial charge on any atom is 0.0845 e. The van der Waals surface area contributed by atoms with Crippen molar-refractivity contribution in [3.63, 3.8) is 0 Å². The average molecular weight is 170 g/mol. The first kappa shape index (κ1) is 9.29. The van der Waals surface area contributed by atoms with Gasteiger partial charge >= 0.3 is 0 Å². The predicted molar refractivity (Wildman–Crippen MR) is 49.8 cm³/mol. The molecule has 0 N–H and O–H groups in total. The number of rotatable bonds is 2. The van der Waals surface area contributed by atoms with E-state index >= 15 is 0 Å². The molecule has 13 heavy (non-hydrogen) atoms. The second-order valence-electron chi connectivity index (χ2n) is 2.90. The summed E-state index contributed by atoms with van der Waals surface area (Å²) in [7, 11) is 0. The second kappa shape index (κ2) is 4.28. The molecule has 0 heterocycles. The summed E-state index contributed by atoms with van der Waals surface area (Å²) in [5.41, 5.74) is 2.04. The summed E-state index contributed by atoms with van der Waals surface area (Å²) < 4.78 is 0. The monoisotopic (exact) mass is 170 g/mol. The first-order chi connectivity index (χ1) is 6.29. The Bertz CT molecular complexity index is 368. The third kappa shape index (κ3) is 2.07. The molecule has 0 spiro atoms. The van der Waals surface area contributed by atoms with Gasteiger partial charge in [-0.3, -0.25) is 0 Å². The standard InChI is InChI=1S/C11H10N2/c1-9-4-2-3-5-11(9)10(8-13)6-7-12/h2-5,10H,6H2,1H3. The highest BCUT2D eigenvalue weighted by atomic mass is 14.3. The number of nitriles is 2. The molecule has 2 nitrogen and oxygen atoms in total. The zero-order valence-electron chi connectivity index (χ0n) is 7.49. The van der Waals surface area contributed by atoms with E-state index in [0.29, 0.717) is 0 Å². The molecule has 0 bridgehead atoms. The lowest BCUT2D eigenvalue weighted by molar-refractivity contribution is 0.877. The van der Waals surface area contributed by atoms with Crippen LogP contribution in [0.1, 0.15) is 23.5 Å². The summed E-state index contributed by atoms with van der Waals surface area (Å²) >= 11 is 0. The highest BCUT2D eigenvalue weighted by Gasteiger charge is 2.11. The molecule has 64 valence electrons. The van der Waals surface area contributed by atoms with Crippen molar-refractivity contribution in [2.75, 3.05) is 0 Å². The quantitative estimate of drug-likeness (QED) is 0.684. The van der Waals surface area contributed by atoms with Crippen molar-refractivity contribution < 1.29 is 0 Å². The van der Waals surface area contributed by atoms with Crippen LogP contribution in [0, 0.1) is 29.6 Å². The van der Waals surface area contributed by atoms with E-state index in [4.69, 9.17) is 10.5 Å². The lowest BCUT2D eigenvalue weighted by Gasteiger charge is -2.07. The Hall–Kier alpha value is -1.80. The summed E-state index contributed by atoms with van der Waals surface area (Å²) in [5.74, 6) is -0.286. The van der Waals surface area contributed by atoms with E-state index in [1.165, 1.54) is 0 Å². The average Bonchev–Trinajstić information content (AvgIpc) is 2.16. The SMILES string of the molecule is Cc1ccccc1C(C#N)CC#N. The number of benzene rings is 1. The number of aryl methyl sites for hydroxylation is 1. The maximum absolute atomic E-state index is 8.83. The van der Waals surface area contributed by atoms with Gasteiger partial charge in [0.25, 0.3) is 0 Å². The number of nitrogens with zero attached hydrogens (tertiary/aromatic N) is 2. The fraction of sp³-hybridized carbons (Fsp3) is 0.273. The normalized spacial score (nSPS) is 11.3. The van der Waals surface area contributed by atoms with Crippen molar-refractivity contribution in [1.29, 1.82) is 10.5 Å². The molecule has 0 fully saturated rings. The minimum absolute atomic E-state index is 0.265. The Morgan fingerprint density at radius 3 is 2.54 bits per heavy atom. The lowest BCUT2D eigenvalue weighted by atomic mass is 9.94. The molecular weight excluding hydrogens is 160 g/mol. The third-order valence-electron chi connectivity index (χ3n) is 2.02. The van der Waals surface area contributed by atoms with Crippen molar-refractivity contribution in [2.24, 2.45) is 0 Å². The Morgan fingerprint density at radius 1 is 1.31 bits per heavy atom. The molecular formula is C11H10N2. The minimum atomic E-state index is -0.286. The van der Waals surface area contributed by atoms with Crippen molar-refractivity contribution in [2.45, 2.75) is 19.3 Å². The maximum atomic E-state index is 8.83. The van der Waals surface area contributed by atoms with Crippen molar-refractivity contribution in [1.82, 2.24) is 0 Å². The molecule has 0 saturated heterocycles. The van der Waals surface area contributed by atoms with Crippen molar-refractivity contribution >= 4 is 0 Å². The molecule has 0 aromatic heterocycles. The largest absolute Gasteiger partial charge is 0.198 e. The smallest absolute Gasteiger partial charge is 0.0845 e. The molecule has 0 saturated carbocycles. The highest BCUT2D eigenvalue weighted by Crippen LogP contribution is 2.21. The molecule has 0 radical (unpaired) electrons. The topological polar surface area (TPSA) is 47.6 Å². The van der Waals surface area contributed by atoms with Gasteiger partial charge in [0.1, 0.15) is 0 Å². The summed E-state index contributed by atoms with van der Waals surface area (Å²) in [6, 6.07) is 11.8. The molecule has 2 heteroatoms. The molecule has 1 atom stereocenters. The third-order valence-corrected chi connectivity index (χ3v) is 2.02. The zero-order chi connectivity index (χ0) is 9.68. The molecule has 1 rings (SSSR count). The first-order valence-electron chi connectivity index (χ1n) is 4.11. The zero-order valence-corrected chi connectivity index (χ0v) is 7.49. The molecule has 0 aliphatic heterocycles. The summed E-state index contributed by atoms with van der Waals surface area (Å²) in [6.07, 6.45) is 0.265. The minimum Gasteiger partial charge on any atom is -0.198 e. The Kier molecular flexibility index (Phi) is 3.06. The molecule has 0 aliphatic carbocycles. The van der Waals surface area contributed by atoms with Crippen LogP contribution < -0.4 is 0 Å². The molecule has 0 amide bonds. The molecule has 1 aromatic rings. The van der Waals surface area contributed by atoms with Gasteiger partial charge in [-0.05, 0) is 18.1 Å². The Morgan fingerprint density at radius 2 is 2.00 bits per heavy atom. The van der Waals surface area contributed by atoms with Crippen LogP contribution in [0.2, 0.25) is 0 Å². The summed E-state index contributed by atoms with van der Waals surface area (Å²) in [4.78, 5) is 0. The van der Waals surface area contributed by atoms with E-state index in [2.05, 4.69) is 6.07 Å². The lowest BCUT2D eigenvalue weighted by Crippen LogP contribution is -1.96. The van der Waals surface area contributed by atoms with E-state index in [-0.39, 0.29) is 12.3 Å². The van der Waals surface area contributed by atoms with Gasteiger partial charge in [-0.15, -0.1) is 0 Å². The predicted octanol–water partition coefficient (Wildman–Crippen LogP) is 2.52. The van der Waals surface area contributed by atoms with E-state index < -0.39 is 0 Å². The van der Waals surface area contributed by atoms with Gasteiger partial charge in [0, 0.05) is 0 Å². The van der Waals surface area contributed by atoms with E-state index in [0.717, 1.165) is 11.1 Å². The van der Waals surface area contributed by atoms with Gasteiger partial charge < -0.3 is 0 Å². The Labute approximate surface area is 78.0 Å². The summed E-state index contributed by atoms with van der Waals surface area (Å²) in [5, 5.41) is 17.4. The van der Waals surface area contributed by atoms with E-state index in [1.54, 1.807) is 0 Å². The van der Waals surface area contributed by atoms with Crippen LogP contribution in [0.25, 0.3) is 0 Å². The molecule has 1 aromatic carbocycles. The summed E-state index contributed by atoms with van der Waals surface area (Å²) in [6.45, 7) is 1.96. The van der Waals surface area contributed by atoms with Crippen LogP contribution in [0.15, 0.2) is 24.3 Å². The molecule has 0 aliphatic rings. The van der Waals surface area contributed by atoms with Gasteiger partial charge in [0.15, 0.2) is 0 Å². The van der Waals surface area contributed by atoms with E-state index in [1.807, 2.05) is 37.3 Å². The van der Waals surface area contributed by atoms with Crippen molar-refractivity contribution in [3.8, 4) is 12.1 Å². The highest BCUT2D eigenvalue weighted by molar-refractivity contribution is 5.33. The van der Waals surface area contributed by atoms with Gasteiger partial charge in [0.2, 0.25) is 0 Å². The van der Waals surface area contributed by atoms with Crippen LogP contribution in [0.5, 0.6) is 0 Å². The van der Waals surface area contributed by atoms with Gasteiger partial charge in [-0.1, -0.05) is 24.3 Å². The fourth-order valence-electron chi connectivity index (χ4n) is 1.29. The Balaban J connectivity index is 3.01. The second-order valence-corrected chi connectivity index (χ2v) is 2.90. The number of hydrogen-bond acceptors (Lipinski definition) is 2. The van der Waals surface area contributed by atoms with Crippen molar-refractivity contribution in [3.05, 3.63) is 35.4 Å². The van der Waals surface area contributed by atoms with E-state index in [9.17, 15) is 0 Å². The number of hydrogen-bond donors (Lipinski definition) is 0. The van der Waals surface area contributed by atoms with Crippen LogP contribution in [-0.4, -0.2) is 0 Å². The van der Waals surface area contributed by atoms with Crippen LogP contribution in [0.3, 0.4) is 0 Å². The van der Waals surface area contributed by atoms with Gasteiger partial charge in [-0.2, -0.15) is 10.5 Å².